The molecule has 6 aromatic rings. The van der Waals surface area contributed by atoms with Crippen LogP contribution < -0.4 is 16.4 Å². The van der Waals surface area contributed by atoms with Gasteiger partial charge in [-0.1, -0.05) is 43.8 Å². The molecule has 0 aliphatic carbocycles. The first-order chi connectivity index (χ1) is 30.0. The van der Waals surface area contributed by atoms with Gasteiger partial charge in [-0.15, -0.1) is 4.91 Å². The van der Waals surface area contributed by atoms with Crippen molar-refractivity contribution in [2.45, 2.75) is 85.2 Å². The molecule has 0 saturated carbocycles. The van der Waals surface area contributed by atoms with E-state index in [2.05, 4.69) is 94.9 Å². The number of hydrogen-bond donors (Lipinski definition) is 3. The molecule has 22 heteroatoms. The van der Waals surface area contributed by atoms with E-state index in [0.29, 0.717) is 80.5 Å². The third kappa shape index (κ3) is 12.3. The van der Waals surface area contributed by atoms with Gasteiger partial charge in [0.05, 0.1) is 16.4 Å². The number of imidazole rings is 2. The Hall–Kier alpha value is -5.02. The van der Waals surface area contributed by atoms with Crippen molar-refractivity contribution in [1.29, 1.82) is 0 Å². The third-order valence-corrected chi connectivity index (χ3v) is 10.6. The Bertz CT molecular complexity index is 2540. The number of carbonyl (C=O) groups excluding carboxylic acids is 2. The molecule has 65 heavy (non-hydrogen) atoms. The summed E-state index contributed by atoms with van der Waals surface area (Å²) < 4.78 is 32.1. The minimum absolute atomic E-state index is 0. The molecule has 16 nitrogen and oxygen atoms in total. The van der Waals surface area contributed by atoms with E-state index in [4.69, 9.17) is 5.73 Å². The van der Waals surface area contributed by atoms with Crippen molar-refractivity contribution in [3.05, 3.63) is 116 Å². The second-order valence-corrected chi connectivity index (χ2v) is 22.0. The molecule has 2 aromatic carbocycles. The van der Waals surface area contributed by atoms with Crippen molar-refractivity contribution in [2.24, 2.45) is 19.4 Å². The van der Waals surface area contributed by atoms with Gasteiger partial charge in [-0.3, -0.25) is 9.59 Å². The van der Waals surface area contributed by atoms with Gasteiger partial charge in [0, 0.05) is 44.9 Å². The number of rotatable bonds is 7. The van der Waals surface area contributed by atoms with Crippen molar-refractivity contribution < 1.29 is 34.5 Å². The van der Waals surface area contributed by atoms with Crippen molar-refractivity contribution in [3.8, 4) is 23.0 Å². The van der Waals surface area contributed by atoms with Crippen molar-refractivity contribution in [2.75, 3.05) is 16.4 Å². The number of aromatic nitrogens is 8. The summed E-state index contributed by atoms with van der Waals surface area (Å²) in [7, 11) is 3.67. The van der Waals surface area contributed by atoms with Crippen LogP contribution in [0.4, 0.5) is 26.2 Å². The monoisotopic (exact) mass is 1140 g/mol. The number of nitrogens with zero attached hydrogens (tertiary/aromatic N) is 9. The van der Waals surface area contributed by atoms with Crippen LogP contribution in [-0.4, -0.2) is 56.5 Å². The van der Waals surface area contributed by atoms with Crippen LogP contribution in [0.25, 0.3) is 23.0 Å². The molecule has 2 aliphatic rings. The number of carbonyl (C=O) groups is 2. The number of nitrogen functional groups attached to an aromatic ring is 1. The average Bonchev–Trinajstić information content (AvgIpc) is 3.90. The van der Waals surface area contributed by atoms with Gasteiger partial charge in [-0.2, -0.15) is 0 Å². The Kier molecular flexibility index (Phi) is 17.4. The maximum atomic E-state index is 13.9. The van der Waals surface area contributed by atoms with Crippen LogP contribution in [0.3, 0.4) is 0 Å². The fraction of sp³-hybridized carbons (Fsp3) is 0.349. The first-order valence-electron chi connectivity index (χ1n) is 19.2. The summed E-state index contributed by atoms with van der Waals surface area (Å²) in [5.74, 6) is 2.41. The Morgan fingerprint density at radius 1 is 0.738 bits per heavy atom. The first kappa shape index (κ1) is 52.6. The molecule has 2 amide bonds. The molecule has 0 fully saturated rings. The van der Waals surface area contributed by atoms with Gasteiger partial charge in [-0.05, 0) is 87.7 Å². The number of amides is 2. The summed E-state index contributed by atoms with van der Waals surface area (Å²) in [5, 5.41) is 7.81. The van der Waals surface area contributed by atoms with Gasteiger partial charge in [0.2, 0.25) is 11.8 Å². The van der Waals surface area contributed by atoms with E-state index in [1.807, 2.05) is 32.5 Å². The normalized spacial score (nSPS) is 13.9. The summed E-state index contributed by atoms with van der Waals surface area (Å²) in [5.41, 5.74) is 7.73. The predicted octanol–water partition coefficient (Wildman–Crippen LogP) is 9.83. The molecular formula is C43H49Br3CuF2N12O4. The van der Waals surface area contributed by atoms with Crippen LogP contribution in [0.2, 0.25) is 0 Å². The molecule has 4 aromatic heterocycles. The standard InChI is InChI=1S/C19H17BrFN5O.C19H19FN6O.C4H9NO2.CH4.2BrH.Cu/c1-19(2)14-15(20)23-16(24-17(14)25-18(19)27)12-9-26(3)13(22-12)8-10-6-4-5-7-11(10)21;1-19(2)14-15(21)23-16(24-17(14)25-18(19)27)12-9-26(3)13(22-12)8-10-6-4-5-7-11(10)20;1-4(2,3)7-5-6;;;;/h4-7,9H,8H2,1-3H3,(H,23,24,25,27);4-7,9H,8H2,1-3H3,(H3,21,23,24,25,27);1-3H3;1H4;2*1H;/q;;;;;;+2/p-2. The minimum atomic E-state index is -0.780. The van der Waals surface area contributed by atoms with Crippen LogP contribution in [0.5, 0.6) is 0 Å². The summed E-state index contributed by atoms with van der Waals surface area (Å²) in [6.45, 7) is 12.5. The molecule has 0 unspecified atom stereocenters. The molecule has 2 aliphatic heterocycles. The van der Waals surface area contributed by atoms with E-state index in [9.17, 15) is 23.3 Å². The number of nitrogens with one attached hydrogen (secondary N) is 2. The number of fused-ring (bicyclic) bond motifs is 2. The zero-order chi connectivity index (χ0) is 47.3. The van der Waals surface area contributed by atoms with Gasteiger partial charge in [0.1, 0.15) is 62.3 Å². The molecule has 351 valence electrons. The predicted molar refractivity (Wildman–Crippen MR) is 254 cm³/mol. The molecule has 4 N–H and O–H groups in total. The number of hydrogen-bond acceptors (Lipinski definition) is 12. The van der Waals surface area contributed by atoms with Crippen molar-refractivity contribution in [1.82, 2.24) is 39.0 Å². The Balaban J connectivity index is 0.000000233. The van der Waals surface area contributed by atoms with Crippen LogP contribution in [-0.2, 0) is 63.5 Å². The fourth-order valence-electron chi connectivity index (χ4n) is 6.54. The average molecular weight is 1140 g/mol. The number of aryl methyl sites for hydroxylation is 2. The number of anilines is 3. The molecule has 0 radical (unpaired) electrons. The van der Waals surface area contributed by atoms with E-state index in [1.165, 1.54) is 23.5 Å². The Morgan fingerprint density at radius 2 is 1.14 bits per heavy atom. The van der Waals surface area contributed by atoms with Crippen LogP contribution in [0, 0.1) is 16.5 Å². The second kappa shape index (κ2) is 21.5. The number of nitrogens with two attached hydrogens (primary N) is 1. The van der Waals surface area contributed by atoms with Gasteiger partial charge in [-0.25, -0.2) is 38.7 Å². The van der Waals surface area contributed by atoms with Gasteiger partial charge in [0.25, 0.3) is 0 Å². The van der Waals surface area contributed by atoms with Crippen LogP contribution >= 0.6 is 44.2 Å². The van der Waals surface area contributed by atoms with Gasteiger partial charge in [0.15, 0.2) is 17.0 Å². The first-order valence-corrected chi connectivity index (χ1v) is 24.7. The second-order valence-electron chi connectivity index (χ2n) is 16.5. The molecule has 0 bridgehead atoms. The van der Waals surface area contributed by atoms with Crippen molar-refractivity contribution in [3.63, 3.8) is 0 Å². The SMILES string of the molecule is C.CC(C)(C)ON=O.Cn1cc(-c2nc(Br)c3c(n2)NC(=O)C3(C)C)nc1Cc1ccccc1F.Cn1cc(-c2nc(N)c3c(n2)NC(=O)C3(C)C)nc1Cc1ccccc1F.[Br][Cu][Br]. The van der Waals surface area contributed by atoms with E-state index in [-0.39, 0.29) is 36.7 Å². The van der Waals surface area contributed by atoms with E-state index in [0.717, 1.165) is 5.56 Å². The summed E-state index contributed by atoms with van der Waals surface area (Å²) in [6, 6.07) is 13.2. The molecule has 0 spiro atoms. The number of benzene rings is 2. The quantitative estimate of drug-likeness (QED) is 0.0593. The summed E-state index contributed by atoms with van der Waals surface area (Å²) in [4.78, 5) is 64.9. The maximum absolute atomic E-state index is 13.9. The third-order valence-electron chi connectivity index (χ3n) is 9.98. The molecule has 6 heterocycles. The van der Waals surface area contributed by atoms with E-state index >= 15 is 0 Å². The molecule has 0 atom stereocenters. The molecular weight excluding hydrogens is 1090 g/mol. The topological polar surface area (TPSA) is 210 Å². The molecule has 8 rings (SSSR count). The zero-order valence-electron chi connectivity index (χ0n) is 36.1. The number of halogens is 5. The summed E-state index contributed by atoms with van der Waals surface area (Å²) >= 11 is 10.8. The van der Waals surface area contributed by atoms with Crippen LogP contribution in [0.1, 0.15) is 89.8 Å². The Morgan fingerprint density at radius 3 is 1.54 bits per heavy atom. The van der Waals surface area contributed by atoms with Crippen molar-refractivity contribution >= 4 is 73.4 Å². The van der Waals surface area contributed by atoms with Crippen LogP contribution in [0.15, 0.2) is 70.9 Å². The van der Waals surface area contributed by atoms with Gasteiger partial charge >= 0.3 is 39.6 Å². The van der Waals surface area contributed by atoms with Gasteiger partial charge < -0.3 is 30.3 Å². The molecule has 0 saturated heterocycles. The van der Waals surface area contributed by atoms with E-state index in [1.54, 1.807) is 88.0 Å². The van der Waals surface area contributed by atoms with E-state index < -0.39 is 16.4 Å². The summed E-state index contributed by atoms with van der Waals surface area (Å²) in [6.07, 6.45) is 4.26. The fourth-order valence-corrected chi connectivity index (χ4v) is 7.39. The Labute approximate surface area is 404 Å². The zero-order valence-corrected chi connectivity index (χ0v) is 41.8.